The van der Waals surface area contributed by atoms with Crippen molar-refractivity contribution in [2.45, 2.75) is 39.5 Å². The molecular weight excluding hydrogens is 316 g/mol. The van der Waals surface area contributed by atoms with Gasteiger partial charge in [0.15, 0.2) is 5.96 Å². The second kappa shape index (κ2) is 9.42. The van der Waals surface area contributed by atoms with Crippen LogP contribution in [0.5, 0.6) is 0 Å². The molecule has 0 spiro atoms. The van der Waals surface area contributed by atoms with Crippen LogP contribution >= 0.6 is 0 Å². The van der Waals surface area contributed by atoms with Crippen LogP contribution in [-0.2, 0) is 22.7 Å². The van der Waals surface area contributed by atoms with Gasteiger partial charge in [0.05, 0.1) is 6.61 Å². The summed E-state index contributed by atoms with van der Waals surface area (Å²) in [5.74, 6) is 1.03. The third-order valence-electron chi connectivity index (χ3n) is 4.42. The molecule has 0 aliphatic carbocycles. The fourth-order valence-electron chi connectivity index (χ4n) is 3.04. The molecule has 1 atom stereocenters. The fraction of sp³-hybridized carbons (Fsp3) is 0.579. The van der Waals surface area contributed by atoms with E-state index in [1.165, 1.54) is 11.1 Å². The van der Waals surface area contributed by atoms with E-state index in [1.54, 1.807) is 14.2 Å². The average molecular weight is 346 g/mol. The zero-order valence-corrected chi connectivity index (χ0v) is 15.7. The van der Waals surface area contributed by atoms with Crippen molar-refractivity contribution in [3.63, 3.8) is 0 Å². The highest BCUT2D eigenvalue weighted by molar-refractivity contribution is 5.81. The lowest BCUT2D eigenvalue weighted by atomic mass is 10.1. The lowest BCUT2D eigenvalue weighted by molar-refractivity contribution is -0.133. The molecule has 1 aliphatic heterocycles. The number of benzene rings is 1. The molecule has 1 aromatic rings. The maximum absolute atomic E-state index is 12.1. The third-order valence-corrected chi connectivity index (χ3v) is 4.42. The van der Waals surface area contributed by atoms with Crippen LogP contribution in [0.25, 0.3) is 0 Å². The summed E-state index contributed by atoms with van der Waals surface area (Å²) in [6.45, 7) is 6.71. The standard InChI is InChI=1S/C19H30N4O2/c1-14(2)18(24)23-10-9-17(12-23)22-19(20-3)21-11-15-7-5-6-8-16(15)13-25-4/h5-8,14,17H,9-13H2,1-4H3,(H2,20,21,22). The number of ether oxygens (including phenoxy) is 1. The van der Waals surface area contributed by atoms with Crippen LogP contribution in [0.2, 0.25) is 0 Å². The van der Waals surface area contributed by atoms with E-state index in [9.17, 15) is 4.79 Å². The Hall–Kier alpha value is -2.08. The molecule has 1 heterocycles. The molecule has 1 fully saturated rings. The van der Waals surface area contributed by atoms with E-state index in [0.717, 1.165) is 25.5 Å². The van der Waals surface area contributed by atoms with Crippen molar-refractivity contribution in [2.24, 2.45) is 10.9 Å². The number of amides is 1. The van der Waals surface area contributed by atoms with Gasteiger partial charge in [0.1, 0.15) is 0 Å². The molecule has 1 unspecified atom stereocenters. The van der Waals surface area contributed by atoms with E-state index in [4.69, 9.17) is 4.74 Å². The Balaban J connectivity index is 1.87. The summed E-state index contributed by atoms with van der Waals surface area (Å²) in [5, 5.41) is 6.78. The summed E-state index contributed by atoms with van der Waals surface area (Å²) < 4.78 is 5.25. The highest BCUT2D eigenvalue weighted by Crippen LogP contribution is 2.13. The number of likely N-dealkylation sites (tertiary alicyclic amines) is 1. The third kappa shape index (κ3) is 5.46. The van der Waals surface area contributed by atoms with Crippen LogP contribution in [0.15, 0.2) is 29.3 Å². The molecule has 0 saturated carbocycles. The first-order valence-corrected chi connectivity index (χ1v) is 8.86. The van der Waals surface area contributed by atoms with E-state index >= 15 is 0 Å². The SMILES string of the molecule is CN=C(NCc1ccccc1COC)NC1CCN(C(=O)C(C)C)C1. The first-order chi connectivity index (χ1) is 12.0. The molecule has 1 saturated heterocycles. The number of carbonyl (C=O) groups is 1. The normalized spacial score (nSPS) is 17.9. The molecule has 0 aromatic heterocycles. The lowest BCUT2D eigenvalue weighted by Gasteiger charge is -2.20. The number of aliphatic imine (C=N–C) groups is 1. The van der Waals surface area contributed by atoms with Crippen LogP contribution in [-0.4, -0.2) is 50.1 Å². The van der Waals surface area contributed by atoms with Crippen molar-refractivity contribution >= 4 is 11.9 Å². The van der Waals surface area contributed by atoms with Gasteiger partial charge in [-0.2, -0.15) is 0 Å². The zero-order valence-electron chi connectivity index (χ0n) is 15.7. The maximum Gasteiger partial charge on any atom is 0.225 e. The van der Waals surface area contributed by atoms with Crippen molar-refractivity contribution in [3.8, 4) is 0 Å². The molecule has 0 bridgehead atoms. The van der Waals surface area contributed by atoms with E-state index in [2.05, 4.69) is 27.8 Å². The van der Waals surface area contributed by atoms with Gasteiger partial charge in [-0.25, -0.2) is 0 Å². The minimum atomic E-state index is 0.0495. The Morgan fingerprint density at radius 1 is 1.36 bits per heavy atom. The van der Waals surface area contributed by atoms with E-state index in [-0.39, 0.29) is 17.9 Å². The molecule has 6 nitrogen and oxygen atoms in total. The Morgan fingerprint density at radius 3 is 2.72 bits per heavy atom. The van der Waals surface area contributed by atoms with Gasteiger partial charge in [-0.1, -0.05) is 38.1 Å². The van der Waals surface area contributed by atoms with Crippen LogP contribution in [0, 0.1) is 5.92 Å². The molecule has 25 heavy (non-hydrogen) atoms. The summed E-state index contributed by atoms with van der Waals surface area (Å²) >= 11 is 0. The summed E-state index contributed by atoms with van der Waals surface area (Å²) in [4.78, 5) is 18.3. The number of hydrogen-bond acceptors (Lipinski definition) is 3. The van der Waals surface area contributed by atoms with Gasteiger partial charge in [0.25, 0.3) is 0 Å². The molecule has 6 heteroatoms. The predicted octanol–water partition coefficient (Wildman–Crippen LogP) is 1.75. The van der Waals surface area contributed by atoms with Gasteiger partial charge in [-0.3, -0.25) is 9.79 Å². The zero-order chi connectivity index (χ0) is 18.2. The minimum absolute atomic E-state index is 0.0495. The second-order valence-electron chi connectivity index (χ2n) is 6.70. The number of rotatable bonds is 6. The predicted molar refractivity (Wildman–Crippen MR) is 100 cm³/mol. The van der Waals surface area contributed by atoms with Crippen LogP contribution in [0.1, 0.15) is 31.4 Å². The number of guanidine groups is 1. The number of methoxy groups -OCH3 is 1. The van der Waals surface area contributed by atoms with Gasteiger partial charge < -0.3 is 20.3 Å². The average Bonchev–Trinajstić information content (AvgIpc) is 3.07. The molecule has 2 N–H and O–H groups in total. The summed E-state index contributed by atoms with van der Waals surface area (Å²) in [5.41, 5.74) is 2.36. The molecule has 2 rings (SSSR count). The van der Waals surface area contributed by atoms with E-state index < -0.39 is 0 Å². The van der Waals surface area contributed by atoms with Crippen molar-refractivity contribution in [2.75, 3.05) is 27.2 Å². The van der Waals surface area contributed by atoms with Crippen molar-refractivity contribution in [1.29, 1.82) is 0 Å². The molecule has 1 aromatic carbocycles. The van der Waals surface area contributed by atoms with Crippen molar-refractivity contribution in [1.82, 2.24) is 15.5 Å². The molecule has 138 valence electrons. The van der Waals surface area contributed by atoms with E-state index in [1.807, 2.05) is 30.9 Å². The van der Waals surface area contributed by atoms with Crippen LogP contribution < -0.4 is 10.6 Å². The quantitative estimate of drug-likeness (QED) is 0.608. The van der Waals surface area contributed by atoms with E-state index in [0.29, 0.717) is 13.2 Å². The molecule has 1 aliphatic rings. The van der Waals surface area contributed by atoms with Gasteiger partial charge >= 0.3 is 0 Å². The first kappa shape index (κ1) is 19.2. The van der Waals surface area contributed by atoms with Crippen LogP contribution in [0.4, 0.5) is 0 Å². The summed E-state index contributed by atoms with van der Waals surface area (Å²) in [6.07, 6.45) is 0.944. The number of nitrogens with zero attached hydrogens (tertiary/aromatic N) is 2. The monoisotopic (exact) mass is 346 g/mol. The number of hydrogen-bond donors (Lipinski definition) is 2. The minimum Gasteiger partial charge on any atom is -0.380 e. The Kier molecular flexibility index (Phi) is 7.25. The molecule has 0 radical (unpaired) electrons. The molecular formula is C19H30N4O2. The maximum atomic E-state index is 12.1. The van der Waals surface area contributed by atoms with Gasteiger partial charge in [0, 0.05) is 45.8 Å². The van der Waals surface area contributed by atoms with Crippen LogP contribution in [0.3, 0.4) is 0 Å². The Labute approximate surface area is 150 Å². The van der Waals surface area contributed by atoms with Crippen molar-refractivity contribution in [3.05, 3.63) is 35.4 Å². The smallest absolute Gasteiger partial charge is 0.225 e. The fourth-order valence-corrected chi connectivity index (χ4v) is 3.04. The summed E-state index contributed by atoms with van der Waals surface area (Å²) in [6, 6.07) is 8.45. The van der Waals surface area contributed by atoms with Gasteiger partial charge in [-0.05, 0) is 17.5 Å². The van der Waals surface area contributed by atoms with Gasteiger partial charge in [-0.15, -0.1) is 0 Å². The highest BCUT2D eigenvalue weighted by atomic mass is 16.5. The Bertz CT molecular complexity index is 601. The summed E-state index contributed by atoms with van der Waals surface area (Å²) in [7, 11) is 3.47. The Morgan fingerprint density at radius 2 is 2.08 bits per heavy atom. The molecule has 1 amide bonds. The number of nitrogens with one attached hydrogen (secondary N) is 2. The topological polar surface area (TPSA) is 66.0 Å². The highest BCUT2D eigenvalue weighted by Gasteiger charge is 2.27. The van der Waals surface area contributed by atoms with Gasteiger partial charge in [0.2, 0.25) is 5.91 Å². The first-order valence-electron chi connectivity index (χ1n) is 8.86. The second-order valence-corrected chi connectivity index (χ2v) is 6.70. The lowest BCUT2D eigenvalue weighted by Crippen LogP contribution is -2.45. The number of carbonyl (C=O) groups excluding carboxylic acids is 1. The van der Waals surface area contributed by atoms with Crippen molar-refractivity contribution < 1.29 is 9.53 Å². The largest absolute Gasteiger partial charge is 0.380 e.